The highest BCUT2D eigenvalue weighted by Gasteiger charge is 2.11. The lowest BCUT2D eigenvalue weighted by Gasteiger charge is -2.19. The summed E-state index contributed by atoms with van der Waals surface area (Å²) in [4.78, 5) is 0. The summed E-state index contributed by atoms with van der Waals surface area (Å²) in [6.45, 7) is 6.87. The largest absolute Gasteiger partial charge is 0.493 e. The topological polar surface area (TPSA) is 70.5 Å². The van der Waals surface area contributed by atoms with E-state index in [-0.39, 0.29) is 0 Å². The Morgan fingerprint density at radius 1 is 0.760 bits per heavy atom. The molecule has 2 aromatic rings. The van der Waals surface area contributed by atoms with Crippen molar-refractivity contribution in [3.05, 3.63) is 59.7 Å². The number of benzene rings is 2. The second-order valence-corrected chi connectivity index (χ2v) is 6.77. The van der Waals surface area contributed by atoms with Gasteiger partial charge in [0.05, 0.1) is 13.2 Å². The molecule has 4 N–H and O–H groups in total. The molecule has 0 radical (unpaired) electrons. The van der Waals surface area contributed by atoms with E-state index >= 15 is 0 Å². The lowest BCUT2D eigenvalue weighted by atomic mass is 9.99. The molecule has 0 aliphatic heterocycles. The van der Waals surface area contributed by atoms with E-state index in [0.717, 1.165) is 29.0 Å². The Balaban J connectivity index is 1.72. The summed E-state index contributed by atoms with van der Waals surface area (Å²) in [6, 6.07) is 15.9. The van der Waals surface area contributed by atoms with Crippen LogP contribution in [0.25, 0.3) is 0 Å². The molecule has 2 atom stereocenters. The van der Waals surface area contributed by atoms with Crippen molar-refractivity contribution in [2.75, 3.05) is 13.2 Å². The highest BCUT2D eigenvalue weighted by atomic mass is 16.5. The van der Waals surface area contributed by atoms with Crippen LogP contribution >= 0.6 is 0 Å². The number of hydrogen-bond donors (Lipinski definition) is 2. The molecule has 0 spiro atoms. The van der Waals surface area contributed by atoms with E-state index in [9.17, 15) is 0 Å². The second-order valence-electron chi connectivity index (χ2n) is 6.77. The lowest BCUT2D eigenvalue weighted by Crippen LogP contribution is -2.16. The van der Waals surface area contributed by atoms with Gasteiger partial charge >= 0.3 is 0 Å². The Hall–Kier alpha value is -2.04. The molecular formula is C21H30N2O2. The van der Waals surface area contributed by atoms with Gasteiger partial charge < -0.3 is 20.9 Å². The van der Waals surface area contributed by atoms with Gasteiger partial charge in [-0.3, -0.25) is 0 Å². The molecule has 0 aliphatic rings. The van der Waals surface area contributed by atoms with E-state index in [0.29, 0.717) is 38.1 Å². The minimum Gasteiger partial charge on any atom is -0.493 e. The molecule has 0 saturated carbocycles. The van der Waals surface area contributed by atoms with Gasteiger partial charge in [-0.2, -0.15) is 0 Å². The maximum atomic E-state index is 5.89. The van der Waals surface area contributed by atoms with Crippen molar-refractivity contribution in [2.24, 2.45) is 23.3 Å². The van der Waals surface area contributed by atoms with E-state index in [2.05, 4.69) is 13.8 Å². The highest BCUT2D eigenvalue weighted by molar-refractivity contribution is 5.29. The minimum atomic E-state index is 0.454. The zero-order valence-corrected chi connectivity index (χ0v) is 15.3. The molecule has 2 aromatic carbocycles. The number of hydrogen-bond acceptors (Lipinski definition) is 4. The van der Waals surface area contributed by atoms with Crippen molar-refractivity contribution in [1.82, 2.24) is 0 Å². The number of rotatable bonds is 10. The summed E-state index contributed by atoms with van der Waals surface area (Å²) in [5.41, 5.74) is 13.5. The predicted octanol–water partition coefficient (Wildman–Crippen LogP) is 3.72. The zero-order valence-electron chi connectivity index (χ0n) is 15.3. The standard InChI is InChI=1S/C21H30N2O2/c1-16(14-24-20-7-3-5-18(10-20)12-22)9-17(2)15-25-21-8-4-6-19(11-21)13-23/h3-8,10-11,16-17H,9,12-15,22-23H2,1-2H3. The fourth-order valence-electron chi connectivity index (χ4n) is 2.82. The molecule has 2 unspecified atom stereocenters. The van der Waals surface area contributed by atoms with E-state index in [1.54, 1.807) is 0 Å². The summed E-state index contributed by atoms with van der Waals surface area (Å²) in [7, 11) is 0. The maximum Gasteiger partial charge on any atom is 0.119 e. The first kappa shape index (κ1) is 19.3. The normalized spacial score (nSPS) is 13.3. The Bertz CT molecular complexity index is 590. The first-order valence-corrected chi connectivity index (χ1v) is 8.94. The Morgan fingerprint density at radius 2 is 1.20 bits per heavy atom. The summed E-state index contributed by atoms with van der Waals surface area (Å²) >= 11 is 0. The third kappa shape index (κ3) is 6.77. The van der Waals surface area contributed by atoms with Crippen LogP contribution in [0.1, 0.15) is 31.4 Å². The molecule has 136 valence electrons. The molecule has 0 saturated heterocycles. The van der Waals surface area contributed by atoms with E-state index in [1.807, 2.05) is 48.5 Å². The molecule has 0 heterocycles. The lowest BCUT2D eigenvalue weighted by molar-refractivity contribution is 0.198. The molecule has 0 aromatic heterocycles. The van der Waals surface area contributed by atoms with E-state index < -0.39 is 0 Å². The Kier molecular flexibility index (Phi) is 7.76. The molecule has 4 heteroatoms. The van der Waals surface area contributed by atoms with Crippen molar-refractivity contribution in [3.8, 4) is 11.5 Å². The van der Waals surface area contributed by atoms with Gasteiger partial charge in [0.2, 0.25) is 0 Å². The molecule has 4 nitrogen and oxygen atoms in total. The van der Waals surface area contributed by atoms with Gasteiger partial charge in [0.1, 0.15) is 11.5 Å². The van der Waals surface area contributed by atoms with Crippen molar-refractivity contribution in [3.63, 3.8) is 0 Å². The average molecular weight is 342 g/mol. The third-order valence-corrected chi connectivity index (χ3v) is 4.14. The molecule has 0 bridgehead atoms. The van der Waals surface area contributed by atoms with Crippen LogP contribution in [0.2, 0.25) is 0 Å². The number of nitrogens with two attached hydrogens (primary N) is 2. The minimum absolute atomic E-state index is 0.454. The summed E-state index contributed by atoms with van der Waals surface area (Å²) < 4.78 is 11.8. The summed E-state index contributed by atoms with van der Waals surface area (Å²) in [5, 5.41) is 0. The van der Waals surface area contributed by atoms with Crippen LogP contribution in [0.5, 0.6) is 11.5 Å². The van der Waals surface area contributed by atoms with E-state index in [1.165, 1.54) is 0 Å². The van der Waals surface area contributed by atoms with Crippen molar-refractivity contribution in [1.29, 1.82) is 0 Å². The van der Waals surface area contributed by atoms with Gasteiger partial charge in [0.25, 0.3) is 0 Å². The first-order valence-electron chi connectivity index (χ1n) is 8.94. The molecule has 0 amide bonds. The fraction of sp³-hybridized carbons (Fsp3) is 0.429. The number of ether oxygens (including phenoxy) is 2. The Morgan fingerprint density at radius 3 is 1.60 bits per heavy atom. The van der Waals surface area contributed by atoms with Gasteiger partial charge in [-0.15, -0.1) is 0 Å². The predicted molar refractivity (Wildman–Crippen MR) is 103 cm³/mol. The quantitative estimate of drug-likeness (QED) is 0.690. The van der Waals surface area contributed by atoms with Crippen LogP contribution in [-0.4, -0.2) is 13.2 Å². The van der Waals surface area contributed by atoms with E-state index in [4.69, 9.17) is 20.9 Å². The molecular weight excluding hydrogens is 312 g/mol. The zero-order chi connectivity index (χ0) is 18.1. The SMILES string of the molecule is CC(COc1cccc(CN)c1)CC(C)COc1cccc(CN)c1. The van der Waals surface area contributed by atoms with Crippen LogP contribution in [-0.2, 0) is 13.1 Å². The smallest absolute Gasteiger partial charge is 0.119 e. The van der Waals surface area contributed by atoms with Crippen LogP contribution in [0.4, 0.5) is 0 Å². The second kappa shape index (κ2) is 10.1. The third-order valence-electron chi connectivity index (χ3n) is 4.14. The van der Waals surface area contributed by atoms with Gasteiger partial charge in [0.15, 0.2) is 0 Å². The first-order chi connectivity index (χ1) is 12.1. The van der Waals surface area contributed by atoms with Gasteiger partial charge in [-0.1, -0.05) is 38.1 Å². The summed E-state index contributed by atoms with van der Waals surface area (Å²) in [6.07, 6.45) is 1.05. The van der Waals surface area contributed by atoms with Crippen molar-refractivity contribution >= 4 is 0 Å². The van der Waals surface area contributed by atoms with Crippen LogP contribution in [0, 0.1) is 11.8 Å². The fourth-order valence-corrected chi connectivity index (χ4v) is 2.82. The average Bonchev–Trinajstić information content (AvgIpc) is 2.65. The molecule has 0 aliphatic carbocycles. The van der Waals surface area contributed by atoms with Gasteiger partial charge in [-0.05, 0) is 53.6 Å². The Labute approximate surface area is 151 Å². The monoisotopic (exact) mass is 342 g/mol. The van der Waals surface area contributed by atoms with Crippen LogP contribution in [0.3, 0.4) is 0 Å². The summed E-state index contributed by atoms with van der Waals surface area (Å²) in [5.74, 6) is 2.68. The van der Waals surface area contributed by atoms with Gasteiger partial charge in [-0.25, -0.2) is 0 Å². The van der Waals surface area contributed by atoms with Crippen LogP contribution < -0.4 is 20.9 Å². The van der Waals surface area contributed by atoms with Crippen molar-refractivity contribution < 1.29 is 9.47 Å². The molecule has 2 rings (SSSR count). The molecule has 25 heavy (non-hydrogen) atoms. The van der Waals surface area contributed by atoms with Crippen LogP contribution in [0.15, 0.2) is 48.5 Å². The highest BCUT2D eigenvalue weighted by Crippen LogP contribution is 2.19. The maximum absolute atomic E-state index is 5.89. The van der Waals surface area contributed by atoms with Crippen molar-refractivity contribution in [2.45, 2.75) is 33.4 Å². The van der Waals surface area contributed by atoms with Gasteiger partial charge in [0, 0.05) is 13.1 Å². The molecule has 0 fully saturated rings.